The molecular weight excluding hydrogens is 248 g/mol. The average molecular weight is 260 g/mol. The predicted octanol–water partition coefficient (Wildman–Crippen LogP) is 3.37. The number of nitrogens with one attached hydrogen (secondary N) is 1. The fraction of sp³-hybridized carbons (Fsp3) is 0. The van der Waals surface area contributed by atoms with Gasteiger partial charge in [0.15, 0.2) is 0 Å². The summed E-state index contributed by atoms with van der Waals surface area (Å²) < 4.78 is 0. The summed E-state index contributed by atoms with van der Waals surface area (Å²) in [5.41, 5.74) is 8.87. The number of nitrogen functional groups attached to an aromatic ring is 1. The minimum Gasteiger partial charge on any atom is -0.394 e. The van der Waals surface area contributed by atoms with Crippen LogP contribution in [0, 0.1) is 0 Å². The third kappa shape index (κ3) is 1.37. The van der Waals surface area contributed by atoms with E-state index in [1.54, 1.807) is 0 Å². The Kier molecular flexibility index (Phi) is 2.12. The first-order chi connectivity index (χ1) is 9.75. The Bertz CT molecular complexity index is 985. The van der Waals surface area contributed by atoms with Gasteiger partial charge in [0, 0.05) is 16.5 Å². The molecule has 0 radical (unpaired) electrons. The van der Waals surface area contributed by atoms with E-state index in [9.17, 15) is 4.79 Å². The Morgan fingerprint density at radius 2 is 1.60 bits per heavy atom. The van der Waals surface area contributed by atoms with Gasteiger partial charge in [0.2, 0.25) is 5.43 Å². The van der Waals surface area contributed by atoms with Crippen LogP contribution in [0.1, 0.15) is 0 Å². The number of nitrogens with two attached hydrogens (primary N) is 1. The van der Waals surface area contributed by atoms with E-state index in [2.05, 4.69) is 11.1 Å². The van der Waals surface area contributed by atoms with Crippen molar-refractivity contribution in [3.05, 3.63) is 64.8 Å². The van der Waals surface area contributed by atoms with Crippen LogP contribution in [0.25, 0.3) is 32.9 Å². The largest absolute Gasteiger partial charge is 0.394 e. The number of anilines is 1. The van der Waals surface area contributed by atoms with E-state index in [0.717, 1.165) is 21.9 Å². The number of hydrogen-bond acceptors (Lipinski definition) is 2. The first-order valence-corrected chi connectivity index (χ1v) is 6.47. The summed E-state index contributed by atoms with van der Waals surface area (Å²) >= 11 is 0. The van der Waals surface area contributed by atoms with Crippen LogP contribution in [0.3, 0.4) is 0 Å². The molecule has 0 fully saturated rings. The summed E-state index contributed by atoms with van der Waals surface area (Å²) in [5.74, 6) is 0. The number of para-hydroxylation sites is 1. The number of H-pyrrole nitrogens is 1. The monoisotopic (exact) mass is 260 g/mol. The van der Waals surface area contributed by atoms with Crippen molar-refractivity contribution in [3.8, 4) is 11.3 Å². The summed E-state index contributed by atoms with van der Waals surface area (Å²) in [6, 6.07) is 17.6. The van der Waals surface area contributed by atoms with Gasteiger partial charge in [0.05, 0.1) is 5.69 Å². The number of benzene rings is 3. The summed E-state index contributed by atoms with van der Waals surface area (Å²) in [5, 5.41) is 2.70. The second-order valence-electron chi connectivity index (χ2n) is 4.93. The summed E-state index contributed by atoms with van der Waals surface area (Å²) in [6.07, 6.45) is 0. The van der Waals surface area contributed by atoms with Gasteiger partial charge >= 0.3 is 0 Å². The van der Waals surface area contributed by atoms with Gasteiger partial charge in [0.1, 0.15) is 5.69 Å². The van der Waals surface area contributed by atoms with E-state index in [1.807, 2.05) is 48.5 Å². The van der Waals surface area contributed by atoms with Crippen LogP contribution in [0.4, 0.5) is 5.69 Å². The summed E-state index contributed by atoms with van der Waals surface area (Å²) in [6.45, 7) is 0. The Hall–Kier alpha value is -2.81. The molecule has 2 aromatic rings. The lowest BCUT2D eigenvalue weighted by molar-refractivity contribution is 1.39. The van der Waals surface area contributed by atoms with E-state index >= 15 is 0 Å². The molecule has 2 aliphatic rings. The summed E-state index contributed by atoms with van der Waals surface area (Å²) in [7, 11) is 0. The van der Waals surface area contributed by atoms with Crippen LogP contribution in [0.5, 0.6) is 0 Å². The lowest BCUT2D eigenvalue weighted by Crippen LogP contribution is -2.12. The van der Waals surface area contributed by atoms with Crippen LogP contribution in [-0.2, 0) is 0 Å². The van der Waals surface area contributed by atoms with Gasteiger partial charge in [-0.2, -0.15) is 0 Å². The van der Waals surface area contributed by atoms with Crippen molar-refractivity contribution in [3.63, 3.8) is 0 Å². The van der Waals surface area contributed by atoms with E-state index < -0.39 is 0 Å². The quantitative estimate of drug-likeness (QED) is 0.289. The van der Waals surface area contributed by atoms with E-state index in [4.69, 9.17) is 5.73 Å². The molecule has 0 saturated heterocycles. The normalized spacial score (nSPS) is 11.4. The number of hydrogen-bond donors (Lipinski definition) is 2. The first kappa shape index (κ1) is 11.1. The molecule has 3 N–H and O–H groups in total. The maximum Gasteiger partial charge on any atom is 0.211 e. The highest BCUT2D eigenvalue weighted by Gasteiger charge is 2.16. The van der Waals surface area contributed by atoms with Gasteiger partial charge in [0.25, 0.3) is 0 Å². The Balaban J connectivity index is 2.34. The minimum atomic E-state index is -0.111. The maximum absolute atomic E-state index is 12.3. The topological polar surface area (TPSA) is 58.9 Å². The predicted molar refractivity (Wildman–Crippen MR) is 83.1 cm³/mol. The van der Waals surface area contributed by atoms with E-state index in [-0.39, 0.29) is 11.1 Å². The van der Waals surface area contributed by atoms with Crippen molar-refractivity contribution < 1.29 is 0 Å². The standard InChI is InChI=1S/C17H12N2O/c18-15-16-13(9-10-5-1-4-8-14(10)19-16)11-6-2-3-7-12(11)17(15)20/h1-9,19H,18H2. The smallest absolute Gasteiger partial charge is 0.211 e. The van der Waals surface area contributed by atoms with Crippen molar-refractivity contribution in [1.82, 2.24) is 4.98 Å². The molecule has 4 rings (SSSR count). The van der Waals surface area contributed by atoms with Gasteiger partial charge in [-0.25, -0.2) is 0 Å². The van der Waals surface area contributed by atoms with Crippen molar-refractivity contribution in [2.24, 2.45) is 0 Å². The highest BCUT2D eigenvalue weighted by Crippen LogP contribution is 2.33. The summed E-state index contributed by atoms with van der Waals surface area (Å²) in [4.78, 5) is 15.6. The Labute approximate surface area is 115 Å². The Morgan fingerprint density at radius 1 is 0.900 bits per heavy atom. The lowest BCUT2D eigenvalue weighted by atomic mass is 9.96. The maximum atomic E-state index is 12.3. The highest BCUT2D eigenvalue weighted by molar-refractivity contribution is 6.04. The van der Waals surface area contributed by atoms with Crippen molar-refractivity contribution in [2.45, 2.75) is 0 Å². The molecule has 0 aromatic heterocycles. The van der Waals surface area contributed by atoms with Crippen LogP contribution >= 0.6 is 0 Å². The molecule has 1 aliphatic heterocycles. The van der Waals surface area contributed by atoms with Gasteiger partial charge in [-0.05, 0) is 22.9 Å². The van der Waals surface area contributed by atoms with Gasteiger partial charge < -0.3 is 10.7 Å². The second kappa shape index (κ2) is 3.84. The SMILES string of the molecule is Nc1c2[nH]c3ccccc3cc-2c2ccccc2c1=O. The molecule has 2 aromatic carbocycles. The number of aromatic amines is 1. The van der Waals surface area contributed by atoms with Gasteiger partial charge in [-0.15, -0.1) is 0 Å². The average Bonchev–Trinajstić information content (AvgIpc) is 2.51. The van der Waals surface area contributed by atoms with Gasteiger partial charge in [-0.1, -0.05) is 42.5 Å². The fourth-order valence-electron chi connectivity index (χ4n) is 2.77. The molecule has 96 valence electrons. The van der Waals surface area contributed by atoms with Crippen LogP contribution in [0.2, 0.25) is 0 Å². The molecule has 0 amide bonds. The van der Waals surface area contributed by atoms with Crippen LogP contribution < -0.4 is 11.2 Å². The van der Waals surface area contributed by atoms with Crippen molar-refractivity contribution in [2.75, 3.05) is 5.73 Å². The second-order valence-corrected chi connectivity index (χ2v) is 4.93. The molecule has 1 heterocycles. The number of rotatable bonds is 0. The Morgan fingerprint density at radius 3 is 2.45 bits per heavy atom. The molecule has 3 nitrogen and oxygen atoms in total. The zero-order valence-electron chi connectivity index (χ0n) is 10.7. The molecule has 1 aliphatic carbocycles. The molecule has 3 heteroatoms. The molecule has 0 bridgehead atoms. The molecule has 20 heavy (non-hydrogen) atoms. The van der Waals surface area contributed by atoms with Crippen LogP contribution in [-0.4, -0.2) is 4.98 Å². The number of pyridine rings is 1. The molecule has 0 spiro atoms. The van der Waals surface area contributed by atoms with E-state index in [0.29, 0.717) is 11.1 Å². The first-order valence-electron chi connectivity index (χ1n) is 6.47. The highest BCUT2D eigenvalue weighted by atomic mass is 16.1. The molecular formula is C17H12N2O. The minimum absolute atomic E-state index is 0.111. The van der Waals surface area contributed by atoms with Crippen molar-refractivity contribution >= 4 is 27.4 Å². The third-order valence-corrected chi connectivity index (χ3v) is 3.77. The third-order valence-electron chi connectivity index (χ3n) is 3.77. The molecule has 0 atom stereocenters. The number of aromatic nitrogens is 1. The number of fused-ring (bicyclic) bond motifs is 4. The fourth-order valence-corrected chi connectivity index (χ4v) is 2.77. The van der Waals surface area contributed by atoms with Gasteiger partial charge in [-0.3, -0.25) is 4.79 Å². The lowest BCUT2D eigenvalue weighted by Gasteiger charge is -2.14. The molecule has 0 saturated carbocycles. The van der Waals surface area contributed by atoms with Crippen LogP contribution in [0.15, 0.2) is 59.4 Å². The van der Waals surface area contributed by atoms with Crippen molar-refractivity contribution in [1.29, 1.82) is 0 Å². The molecule has 0 unspecified atom stereocenters. The zero-order valence-corrected chi connectivity index (χ0v) is 10.7. The zero-order chi connectivity index (χ0) is 13.7. The van der Waals surface area contributed by atoms with E-state index in [1.165, 1.54) is 0 Å².